The highest BCUT2D eigenvalue weighted by Gasteiger charge is 2.28. The van der Waals surface area contributed by atoms with Crippen LogP contribution in [0.2, 0.25) is 0 Å². The van der Waals surface area contributed by atoms with Crippen LogP contribution >= 0.6 is 11.3 Å². The molecule has 2 aromatic carbocycles. The standard InChI is InChI=1S/C28H26N4O2S/c1-19-23(28(34)32-15-9-4-10-16-32)27(35-24(19)20-11-5-2-6-12-20)31-26(33)22-17-29-25(30-18-22)21-13-7-3-8-14-21/h2-3,5-8,11-14,17-18H,4,9-10,15-16H2,1H3,(H,31,33). The normalized spacial score (nSPS) is 13.5. The second kappa shape index (κ2) is 10.2. The molecule has 5 rings (SSSR count). The molecule has 0 spiro atoms. The van der Waals surface area contributed by atoms with Crippen LogP contribution in [0.5, 0.6) is 0 Å². The van der Waals surface area contributed by atoms with Gasteiger partial charge in [0.15, 0.2) is 5.82 Å². The molecule has 1 saturated heterocycles. The molecule has 0 atom stereocenters. The summed E-state index contributed by atoms with van der Waals surface area (Å²) in [6.07, 6.45) is 6.20. The van der Waals surface area contributed by atoms with Crippen molar-refractivity contribution in [2.75, 3.05) is 18.4 Å². The summed E-state index contributed by atoms with van der Waals surface area (Å²) >= 11 is 1.43. The summed E-state index contributed by atoms with van der Waals surface area (Å²) in [7, 11) is 0. The van der Waals surface area contributed by atoms with Gasteiger partial charge in [0, 0.05) is 35.9 Å². The Morgan fingerprint density at radius 2 is 1.46 bits per heavy atom. The average molecular weight is 483 g/mol. The van der Waals surface area contributed by atoms with Crippen molar-refractivity contribution in [2.45, 2.75) is 26.2 Å². The quantitative estimate of drug-likeness (QED) is 0.375. The molecule has 4 aromatic rings. The molecule has 0 bridgehead atoms. The Morgan fingerprint density at radius 3 is 2.09 bits per heavy atom. The predicted octanol–water partition coefficient (Wildman–Crippen LogP) is 6.06. The van der Waals surface area contributed by atoms with Crippen molar-refractivity contribution < 1.29 is 9.59 Å². The maximum atomic E-state index is 13.6. The number of aromatic nitrogens is 2. The smallest absolute Gasteiger partial charge is 0.259 e. The number of anilines is 1. The van der Waals surface area contributed by atoms with E-state index >= 15 is 0 Å². The van der Waals surface area contributed by atoms with Crippen LogP contribution in [0.4, 0.5) is 5.00 Å². The number of nitrogens with one attached hydrogen (secondary N) is 1. The lowest BCUT2D eigenvalue weighted by atomic mass is 10.0. The fourth-order valence-corrected chi connectivity index (χ4v) is 5.54. The molecule has 35 heavy (non-hydrogen) atoms. The van der Waals surface area contributed by atoms with E-state index in [1.807, 2.05) is 72.5 Å². The highest BCUT2D eigenvalue weighted by molar-refractivity contribution is 7.20. The van der Waals surface area contributed by atoms with E-state index in [1.54, 1.807) is 0 Å². The second-order valence-corrected chi connectivity index (χ2v) is 9.62. The number of thiophene rings is 1. The summed E-state index contributed by atoms with van der Waals surface area (Å²) in [6, 6.07) is 19.6. The van der Waals surface area contributed by atoms with E-state index in [1.165, 1.54) is 23.7 Å². The largest absolute Gasteiger partial charge is 0.339 e. The van der Waals surface area contributed by atoms with Crippen LogP contribution in [-0.4, -0.2) is 39.8 Å². The monoisotopic (exact) mass is 482 g/mol. The van der Waals surface area contributed by atoms with Crippen LogP contribution in [0.25, 0.3) is 21.8 Å². The molecule has 7 heteroatoms. The molecule has 1 N–H and O–H groups in total. The van der Waals surface area contributed by atoms with Gasteiger partial charge in [0.2, 0.25) is 0 Å². The third-order valence-electron chi connectivity index (χ3n) is 6.21. The van der Waals surface area contributed by atoms with Crippen molar-refractivity contribution in [3.8, 4) is 21.8 Å². The number of nitrogens with zero attached hydrogens (tertiary/aromatic N) is 3. The summed E-state index contributed by atoms with van der Waals surface area (Å²) in [5, 5.41) is 3.55. The number of benzene rings is 2. The maximum absolute atomic E-state index is 13.6. The van der Waals surface area contributed by atoms with Gasteiger partial charge in [-0.15, -0.1) is 11.3 Å². The Balaban J connectivity index is 1.46. The van der Waals surface area contributed by atoms with Gasteiger partial charge in [-0.05, 0) is 37.3 Å². The van der Waals surface area contributed by atoms with E-state index in [-0.39, 0.29) is 11.8 Å². The van der Waals surface area contributed by atoms with Gasteiger partial charge in [-0.3, -0.25) is 9.59 Å². The fraction of sp³-hybridized carbons (Fsp3) is 0.214. The molecule has 176 valence electrons. The number of hydrogen-bond acceptors (Lipinski definition) is 5. The van der Waals surface area contributed by atoms with Crippen molar-refractivity contribution in [1.29, 1.82) is 0 Å². The molecular formula is C28H26N4O2S. The minimum atomic E-state index is -0.335. The molecule has 0 aliphatic carbocycles. The Hall–Kier alpha value is -3.84. The zero-order valence-electron chi connectivity index (χ0n) is 19.5. The third-order valence-corrected chi connectivity index (χ3v) is 7.47. The number of hydrogen-bond donors (Lipinski definition) is 1. The van der Waals surface area contributed by atoms with Gasteiger partial charge in [0.05, 0.1) is 11.1 Å². The van der Waals surface area contributed by atoms with Crippen molar-refractivity contribution in [1.82, 2.24) is 14.9 Å². The molecule has 0 saturated carbocycles. The molecule has 1 aliphatic rings. The number of amides is 2. The van der Waals surface area contributed by atoms with E-state index in [2.05, 4.69) is 15.3 Å². The highest BCUT2D eigenvalue weighted by Crippen LogP contribution is 2.41. The molecule has 1 aliphatic heterocycles. The van der Waals surface area contributed by atoms with Gasteiger partial charge in [-0.2, -0.15) is 0 Å². The first-order chi connectivity index (χ1) is 17.1. The van der Waals surface area contributed by atoms with Gasteiger partial charge in [0.25, 0.3) is 11.8 Å². The van der Waals surface area contributed by atoms with Crippen LogP contribution in [0, 0.1) is 6.92 Å². The summed E-state index contributed by atoms with van der Waals surface area (Å²) in [5.74, 6) is 0.200. The molecule has 6 nitrogen and oxygen atoms in total. The maximum Gasteiger partial charge on any atom is 0.259 e. The molecule has 2 amide bonds. The Morgan fingerprint density at radius 1 is 0.857 bits per heavy atom. The number of rotatable bonds is 5. The lowest BCUT2D eigenvalue weighted by Crippen LogP contribution is -2.36. The van der Waals surface area contributed by atoms with Crippen LogP contribution in [-0.2, 0) is 0 Å². The summed E-state index contributed by atoms with van der Waals surface area (Å²) in [5.41, 5.74) is 3.72. The van der Waals surface area contributed by atoms with E-state index in [0.717, 1.165) is 53.9 Å². The van der Waals surface area contributed by atoms with Crippen LogP contribution in [0.1, 0.15) is 45.5 Å². The van der Waals surface area contributed by atoms with Crippen molar-refractivity contribution in [3.05, 3.63) is 89.7 Å². The SMILES string of the molecule is Cc1c(-c2ccccc2)sc(NC(=O)c2cnc(-c3ccccc3)nc2)c1C(=O)N1CCCCC1. The topological polar surface area (TPSA) is 75.2 Å². The lowest BCUT2D eigenvalue weighted by Gasteiger charge is -2.27. The Bertz CT molecular complexity index is 1330. The van der Waals surface area contributed by atoms with Crippen LogP contribution in [0.3, 0.4) is 0 Å². The van der Waals surface area contributed by atoms with Crippen LogP contribution < -0.4 is 5.32 Å². The predicted molar refractivity (Wildman–Crippen MR) is 140 cm³/mol. The summed E-state index contributed by atoms with van der Waals surface area (Å²) < 4.78 is 0. The average Bonchev–Trinajstić information content (AvgIpc) is 3.25. The first-order valence-electron chi connectivity index (χ1n) is 11.8. The van der Waals surface area contributed by atoms with Crippen molar-refractivity contribution in [3.63, 3.8) is 0 Å². The summed E-state index contributed by atoms with van der Waals surface area (Å²) in [6.45, 7) is 3.46. The number of piperidine rings is 1. The molecule has 0 radical (unpaired) electrons. The zero-order chi connectivity index (χ0) is 24.2. The molecular weight excluding hydrogens is 456 g/mol. The Kier molecular flexibility index (Phi) is 6.68. The summed E-state index contributed by atoms with van der Waals surface area (Å²) in [4.78, 5) is 38.3. The van der Waals surface area contributed by atoms with Gasteiger partial charge in [-0.1, -0.05) is 60.7 Å². The minimum absolute atomic E-state index is 0.0217. The fourth-order valence-electron chi connectivity index (χ4n) is 4.34. The molecule has 3 heterocycles. The third kappa shape index (κ3) is 4.86. The minimum Gasteiger partial charge on any atom is -0.339 e. The number of carbonyl (C=O) groups is 2. The van der Waals surface area contributed by atoms with Gasteiger partial charge < -0.3 is 10.2 Å². The zero-order valence-corrected chi connectivity index (χ0v) is 20.3. The Labute approximate surface area is 208 Å². The van der Waals surface area contributed by atoms with E-state index < -0.39 is 0 Å². The van der Waals surface area contributed by atoms with Crippen molar-refractivity contribution >= 4 is 28.2 Å². The second-order valence-electron chi connectivity index (χ2n) is 8.59. The molecule has 2 aromatic heterocycles. The first-order valence-corrected chi connectivity index (χ1v) is 12.6. The van der Waals surface area contributed by atoms with Gasteiger partial charge in [-0.25, -0.2) is 9.97 Å². The molecule has 0 unspecified atom stereocenters. The lowest BCUT2D eigenvalue weighted by molar-refractivity contribution is 0.0725. The van der Waals surface area contributed by atoms with Gasteiger partial charge in [0.1, 0.15) is 5.00 Å². The van der Waals surface area contributed by atoms with E-state index in [4.69, 9.17) is 0 Å². The van der Waals surface area contributed by atoms with Crippen molar-refractivity contribution in [2.24, 2.45) is 0 Å². The van der Waals surface area contributed by atoms with Gasteiger partial charge >= 0.3 is 0 Å². The van der Waals surface area contributed by atoms with E-state index in [0.29, 0.717) is 22.0 Å². The molecule has 1 fully saturated rings. The highest BCUT2D eigenvalue weighted by atomic mass is 32.1. The first kappa shape index (κ1) is 22.9. The number of likely N-dealkylation sites (tertiary alicyclic amines) is 1. The number of carbonyl (C=O) groups excluding carboxylic acids is 2. The van der Waals surface area contributed by atoms with E-state index in [9.17, 15) is 9.59 Å². The van der Waals surface area contributed by atoms with Crippen LogP contribution in [0.15, 0.2) is 73.1 Å².